The molecule has 0 aliphatic carbocycles. The summed E-state index contributed by atoms with van der Waals surface area (Å²) in [5.74, 6) is 1.12. The lowest BCUT2D eigenvalue weighted by Crippen LogP contribution is -2.33. The van der Waals surface area contributed by atoms with Gasteiger partial charge in [-0.25, -0.2) is 4.98 Å². The first-order valence-corrected chi connectivity index (χ1v) is 8.32. The van der Waals surface area contributed by atoms with Crippen molar-refractivity contribution in [3.63, 3.8) is 0 Å². The van der Waals surface area contributed by atoms with Crippen molar-refractivity contribution in [2.24, 2.45) is 0 Å². The van der Waals surface area contributed by atoms with E-state index in [1.165, 1.54) is 5.56 Å². The number of anilines is 1. The fourth-order valence-corrected chi connectivity index (χ4v) is 3.55. The highest BCUT2D eigenvalue weighted by molar-refractivity contribution is 6.09. The molecule has 3 aromatic rings. The highest BCUT2D eigenvalue weighted by atomic mass is 16.2. The van der Waals surface area contributed by atoms with Crippen LogP contribution in [0.5, 0.6) is 0 Å². The number of imidazole rings is 1. The average molecular weight is 319 g/mol. The van der Waals surface area contributed by atoms with Crippen molar-refractivity contribution in [2.75, 3.05) is 11.9 Å². The monoisotopic (exact) mass is 319 g/mol. The molecule has 0 radical (unpaired) electrons. The molecule has 0 unspecified atom stereocenters. The largest absolute Gasteiger partial charge is 0.342 e. The zero-order valence-electron chi connectivity index (χ0n) is 14.3. The van der Waals surface area contributed by atoms with Crippen LogP contribution in [0.15, 0.2) is 42.5 Å². The summed E-state index contributed by atoms with van der Waals surface area (Å²) in [4.78, 5) is 22.3. The molecule has 0 atom stereocenters. The lowest BCUT2D eigenvalue weighted by Gasteiger charge is -2.16. The van der Waals surface area contributed by atoms with Crippen LogP contribution in [0.2, 0.25) is 0 Å². The Labute approximate surface area is 141 Å². The van der Waals surface area contributed by atoms with Crippen LogP contribution in [0.4, 0.5) is 5.69 Å². The molecule has 1 amide bonds. The third-order valence-corrected chi connectivity index (χ3v) is 5.02. The molecule has 4 heteroatoms. The molecule has 1 aliphatic rings. The molecule has 1 aromatic heterocycles. The summed E-state index contributed by atoms with van der Waals surface area (Å²) in [7, 11) is 1.84. The van der Waals surface area contributed by atoms with E-state index in [0.717, 1.165) is 41.0 Å². The minimum absolute atomic E-state index is 0.134. The lowest BCUT2D eigenvalue weighted by molar-refractivity contribution is -0.121. The van der Waals surface area contributed by atoms with Gasteiger partial charge in [-0.2, -0.15) is 0 Å². The number of fused-ring (bicyclic) bond motifs is 2. The molecule has 2 aromatic carbocycles. The second-order valence-corrected chi connectivity index (χ2v) is 7.04. The Morgan fingerprint density at radius 3 is 2.62 bits per heavy atom. The number of hydrogen-bond acceptors (Lipinski definition) is 2. The van der Waals surface area contributed by atoms with Gasteiger partial charge in [0.1, 0.15) is 5.82 Å². The highest BCUT2D eigenvalue weighted by Crippen LogP contribution is 2.42. The molecule has 0 saturated heterocycles. The maximum Gasteiger partial charge on any atom is 0.236 e. The summed E-state index contributed by atoms with van der Waals surface area (Å²) in [6.07, 6.45) is 1.84. The summed E-state index contributed by atoms with van der Waals surface area (Å²) in [5, 5.41) is 0. The summed E-state index contributed by atoms with van der Waals surface area (Å²) in [6, 6.07) is 14.6. The predicted octanol–water partition coefficient (Wildman–Crippen LogP) is 3.60. The Morgan fingerprint density at radius 1 is 1.12 bits per heavy atom. The molecule has 0 saturated carbocycles. The van der Waals surface area contributed by atoms with Crippen LogP contribution in [0.1, 0.15) is 30.8 Å². The van der Waals surface area contributed by atoms with Crippen LogP contribution in [0, 0.1) is 0 Å². The van der Waals surface area contributed by atoms with Gasteiger partial charge in [-0.3, -0.25) is 4.79 Å². The van der Waals surface area contributed by atoms with E-state index in [9.17, 15) is 4.79 Å². The van der Waals surface area contributed by atoms with Gasteiger partial charge in [0.15, 0.2) is 0 Å². The first kappa shape index (κ1) is 14.9. The van der Waals surface area contributed by atoms with Crippen LogP contribution in [0.3, 0.4) is 0 Å². The van der Waals surface area contributed by atoms with Crippen molar-refractivity contribution < 1.29 is 4.79 Å². The number of aryl methyl sites for hydroxylation is 2. The number of aromatic amines is 1. The first-order chi connectivity index (χ1) is 11.5. The smallest absolute Gasteiger partial charge is 0.236 e. The van der Waals surface area contributed by atoms with E-state index in [0.29, 0.717) is 0 Å². The van der Waals surface area contributed by atoms with Crippen molar-refractivity contribution in [1.82, 2.24) is 9.97 Å². The van der Waals surface area contributed by atoms with E-state index in [2.05, 4.69) is 35.3 Å². The van der Waals surface area contributed by atoms with E-state index in [1.54, 1.807) is 4.90 Å². The zero-order chi connectivity index (χ0) is 16.9. The Hall–Kier alpha value is -2.62. The molecular formula is C20H21N3O. The van der Waals surface area contributed by atoms with Crippen LogP contribution in [0.25, 0.3) is 11.0 Å². The molecule has 4 rings (SSSR count). The number of carbonyl (C=O) groups excluding carboxylic acids is 1. The Morgan fingerprint density at radius 2 is 1.88 bits per heavy atom. The molecule has 24 heavy (non-hydrogen) atoms. The van der Waals surface area contributed by atoms with Crippen LogP contribution in [-0.2, 0) is 23.1 Å². The molecule has 0 bridgehead atoms. The standard InChI is InChI=1S/C20H21N3O/c1-20(2)14-11-15-16(12-17(14)23(3)19(20)24)22-18(21-15)10-9-13-7-5-4-6-8-13/h4-8,11-12H,9-10H2,1-3H3,(H,21,22). The van der Waals surface area contributed by atoms with Gasteiger partial charge < -0.3 is 9.88 Å². The quantitative estimate of drug-likeness (QED) is 0.802. The van der Waals surface area contributed by atoms with E-state index in [-0.39, 0.29) is 5.91 Å². The van der Waals surface area contributed by atoms with Gasteiger partial charge in [0.05, 0.1) is 16.4 Å². The van der Waals surface area contributed by atoms with Crippen molar-refractivity contribution in [2.45, 2.75) is 32.1 Å². The van der Waals surface area contributed by atoms with E-state index >= 15 is 0 Å². The van der Waals surface area contributed by atoms with Crippen molar-refractivity contribution in [1.29, 1.82) is 0 Å². The predicted molar refractivity (Wildman–Crippen MR) is 96.4 cm³/mol. The fourth-order valence-electron chi connectivity index (χ4n) is 3.55. The van der Waals surface area contributed by atoms with Gasteiger partial charge in [-0.1, -0.05) is 30.3 Å². The number of rotatable bonds is 3. The number of nitrogens with zero attached hydrogens (tertiary/aromatic N) is 2. The Balaban J connectivity index is 1.67. The number of carbonyl (C=O) groups is 1. The average Bonchev–Trinajstić information content (AvgIpc) is 3.06. The van der Waals surface area contributed by atoms with Crippen LogP contribution < -0.4 is 4.90 Å². The third kappa shape index (κ3) is 2.21. The number of nitrogens with one attached hydrogen (secondary N) is 1. The molecule has 2 heterocycles. The number of amides is 1. The number of aromatic nitrogens is 2. The maximum atomic E-state index is 12.4. The first-order valence-electron chi connectivity index (χ1n) is 8.32. The number of benzene rings is 2. The minimum Gasteiger partial charge on any atom is -0.342 e. The van der Waals surface area contributed by atoms with Gasteiger partial charge in [0.25, 0.3) is 0 Å². The van der Waals surface area contributed by atoms with Gasteiger partial charge in [-0.15, -0.1) is 0 Å². The van der Waals surface area contributed by atoms with Crippen LogP contribution >= 0.6 is 0 Å². The molecule has 0 spiro atoms. The van der Waals surface area contributed by atoms with Crippen LogP contribution in [-0.4, -0.2) is 22.9 Å². The lowest BCUT2D eigenvalue weighted by atomic mass is 9.86. The minimum atomic E-state index is -0.479. The number of hydrogen-bond donors (Lipinski definition) is 1. The Kier molecular flexibility index (Phi) is 3.23. The maximum absolute atomic E-state index is 12.4. The summed E-state index contributed by atoms with van der Waals surface area (Å²) >= 11 is 0. The number of likely N-dealkylation sites (N-methyl/N-ethyl adjacent to an activating group) is 1. The van der Waals surface area contributed by atoms with Gasteiger partial charge in [0, 0.05) is 19.2 Å². The summed E-state index contributed by atoms with van der Waals surface area (Å²) in [6.45, 7) is 3.96. The normalized spacial score (nSPS) is 16.0. The van der Waals surface area contributed by atoms with Crippen molar-refractivity contribution >= 4 is 22.6 Å². The van der Waals surface area contributed by atoms with Crippen molar-refractivity contribution in [3.8, 4) is 0 Å². The Bertz CT molecular complexity index is 925. The molecular weight excluding hydrogens is 298 g/mol. The SMILES string of the molecule is CN1C(=O)C(C)(C)c2cc3[nH]c(CCc4ccccc4)nc3cc21. The molecule has 0 fully saturated rings. The van der Waals surface area contributed by atoms with E-state index < -0.39 is 5.41 Å². The molecule has 4 nitrogen and oxygen atoms in total. The third-order valence-electron chi connectivity index (χ3n) is 5.02. The van der Waals surface area contributed by atoms with E-state index in [1.807, 2.05) is 33.0 Å². The fraction of sp³-hybridized carbons (Fsp3) is 0.300. The zero-order valence-corrected chi connectivity index (χ0v) is 14.3. The second kappa shape index (κ2) is 5.20. The van der Waals surface area contributed by atoms with Gasteiger partial charge in [-0.05, 0) is 43.5 Å². The topological polar surface area (TPSA) is 49.0 Å². The highest BCUT2D eigenvalue weighted by Gasteiger charge is 2.42. The second-order valence-electron chi connectivity index (χ2n) is 7.04. The molecule has 1 N–H and O–H groups in total. The summed E-state index contributed by atoms with van der Waals surface area (Å²) in [5.41, 5.74) is 4.81. The van der Waals surface area contributed by atoms with Crippen molar-refractivity contribution in [3.05, 3.63) is 59.4 Å². The molecule has 122 valence electrons. The van der Waals surface area contributed by atoms with E-state index in [4.69, 9.17) is 4.98 Å². The number of H-pyrrole nitrogens is 1. The van der Waals surface area contributed by atoms with Gasteiger partial charge in [0.2, 0.25) is 5.91 Å². The van der Waals surface area contributed by atoms with Gasteiger partial charge >= 0.3 is 0 Å². The molecule has 1 aliphatic heterocycles. The summed E-state index contributed by atoms with van der Waals surface area (Å²) < 4.78 is 0.